The Labute approximate surface area is 87.6 Å². The van der Waals surface area contributed by atoms with Crippen molar-refractivity contribution < 1.29 is 0 Å². The lowest BCUT2D eigenvalue weighted by molar-refractivity contribution is 1.24. The van der Waals surface area contributed by atoms with E-state index in [0.717, 1.165) is 14.5 Å². The van der Waals surface area contributed by atoms with E-state index in [9.17, 15) is 0 Å². The average molecular weight is 290 g/mol. The molecule has 0 aliphatic heterocycles. The molecule has 0 spiro atoms. The molecule has 0 saturated carbocycles. The van der Waals surface area contributed by atoms with Crippen LogP contribution in [0.25, 0.3) is 0 Å². The minimum Gasteiger partial charge on any atom is -0.398 e. The zero-order valence-electron chi connectivity index (χ0n) is 6.14. The number of benzene rings is 1. The number of nitrogens with zero attached hydrogens (tertiary/aromatic N) is 1. The third-order valence-electron chi connectivity index (χ3n) is 1.44. The molecule has 1 aromatic carbocycles. The lowest BCUT2D eigenvalue weighted by atomic mass is 10.1. The second-order valence-electron chi connectivity index (χ2n) is 2.30. The van der Waals surface area contributed by atoms with E-state index in [1.807, 2.05) is 6.07 Å². The van der Waals surface area contributed by atoms with E-state index in [0.29, 0.717) is 12.1 Å². The highest BCUT2D eigenvalue weighted by molar-refractivity contribution is 9.11. The molecule has 0 fully saturated rings. The maximum Gasteiger partial charge on any atom is 0.0670 e. The summed E-state index contributed by atoms with van der Waals surface area (Å²) in [7, 11) is 0. The fourth-order valence-electron chi connectivity index (χ4n) is 0.824. The Kier molecular flexibility index (Phi) is 3.12. The number of hydrogen-bond donors (Lipinski definition) is 1. The maximum absolute atomic E-state index is 8.49. The molecule has 0 aromatic heterocycles. The fourth-order valence-corrected chi connectivity index (χ4v) is 1.72. The summed E-state index contributed by atoms with van der Waals surface area (Å²) in [5.74, 6) is 0. The van der Waals surface area contributed by atoms with Gasteiger partial charge in [0.1, 0.15) is 0 Å². The molecule has 0 saturated heterocycles. The second kappa shape index (κ2) is 3.92. The van der Waals surface area contributed by atoms with Gasteiger partial charge in [-0.15, -0.1) is 0 Å². The zero-order chi connectivity index (χ0) is 9.14. The maximum atomic E-state index is 8.49. The molecule has 4 heteroatoms. The average Bonchev–Trinajstić information content (AvgIpc) is 2.01. The predicted octanol–water partition coefficient (Wildman–Crippen LogP) is 2.86. The Morgan fingerprint density at radius 1 is 1.33 bits per heavy atom. The van der Waals surface area contributed by atoms with Crippen molar-refractivity contribution in [2.24, 2.45) is 0 Å². The summed E-state index contributed by atoms with van der Waals surface area (Å²) in [5, 5.41) is 8.49. The Bertz CT molecular complexity index is 342. The van der Waals surface area contributed by atoms with Gasteiger partial charge >= 0.3 is 0 Å². The van der Waals surface area contributed by atoms with E-state index >= 15 is 0 Å². The van der Waals surface area contributed by atoms with Crippen LogP contribution in [0.3, 0.4) is 0 Å². The first kappa shape index (κ1) is 9.56. The lowest BCUT2D eigenvalue weighted by Crippen LogP contribution is -1.90. The SMILES string of the molecule is N#CCc1cc(Br)c(N)cc1Br. The standard InChI is InChI=1S/C8H6Br2N2/c9-6-4-8(12)7(10)3-5(6)1-2-11/h3-4H,1,12H2. The van der Waals surface area contributed by atoms with Crippen molar-refractivity contribution in [3.05, 3.63) is 26.6 Å². The van der Waals surface area contributed by atoms with Crippen LogP contribution in [0.4, 0.5) is 5.69 Å². The number of hydrogen-bond acceptors (Lipinski definition) is 2. The molecule has 0 amide bonds. The Balaban J connectivity index is 3.16. The third-order valence-corrected chi connectivity index (χ3v) is 2.86. The number of nitrogen functional groups attached to an aromatic ring is 1. The van der Waals surface area contributed by atoms with Crippen molar-refractivity contribution in [2.75, 3.05) is 5.73 Å². The summed E-state index contributed by atoms with van der Waals surface area (Å²) in [6.45, 7) is 0. The van der Waals surface area contributed by atoms with Gasteiger partial charge in [0.15, 0.2) is 0 Å². The first-order valence-electron chi connectivity index (χ1n) is 3.25. The van der Waals surface area contributed by atoms with Crippen molar-refractivity contribution >= 4 is 37.5 Å². The summed E-state index contributed by atoms with van der Waals surface area (Å²) in [4.78, 5) is 0. The normalized spacial score (nSPS) is 9.42. The summed E-state index contributed by atoms with van der Waals surface area (Å²) < 4.78 is 1.71. The molecular weight excluding hydrogens is 284 g/mol. The predicted molar refractivity (Wildman–Crippen MR) is 55.6 cm³/mol. The lowest BCUT2D eigenvalue weighted by Gasteiger charge is -2.03. The minimum absolute atomic E-state index is 0.388. The highest BCUT2D eigenvalue weighted by Gasteiger charge is 2.03. The highest BCUT2D eigenvalue weighted by Crippen LogP contribution is 2.27. The molecule has 1 aromatic rings. The van der Waals surface area contributed by atoms with Crippen LogP contribution in [0.15, 0.2) is 21.1 Å². The number of anilines is 1. The number of rotatable bonds is 1. The number of nitrogens with two attached hydrogens (primary N) is 1. The second-order valence-corrected chi connectivity index (χ2v) is 4.01. The van der Waals surface area contributed by atoms with E-state index < -0.39 is 0 Å². The van der Waals surface area contributed by atoms with Crippen LogP contribution in [-0.2, 0) is 6.42 Å². The fraction of sp³-hybridized carbons (Fsp3) is 0.125. The van der Waals surface area contributed by atoms with E-state index in [-0.39, 0.29) is 0 Å². The molecule has 0 radical (unpaired) electrons. The molecule has 0 heterocycles. The monoisotopic (exact) mass is 288 g/mol. The van der Waals surface area contributed by atoms with Crippen molar-refractivity contribution in [1.82, 2.24) is 0 Å². The van der Waals surface area contributed by atoms with E-state index in [2.05, 4.69) is 37.9 Å². The molecule has 0 unspecified atom stereocenters. The van der Waals surface area contributed by atoms with Gasteiger partial charge in [-0.3, -0.25) is 0 Å². The summed E-state index contributed by atoms with van der Waals surface area (Å²) >= 11 is 6.63. The van der Waals surface area contributed by atoms with Crippen molar-refractivity contribution in [1.29, 1.82) is 5.26 Å². The van der Waals surface area contributed by atoms with Crippen molar-refractivity contribution in [2.45, 2.75) is 6.42 Å². The van der Waals surface area contributed by atoms with Gasteiger partial charge in [-0.1, -0.05) is 15.9 Å². The van der Waals surface area contributed by atoms with Gasteiger partial charge in [-0.05, 0) is 33.6 Å². The molecule has 62 valence electrons. The molecule has 1 rings (SSSR count). The smallest absolute Gasteiger partial charge is 0.0670 e. The molecule has 0 bridgehead atoms. The third kappa shape index (κ3) is 1.99. The Morgan fingerprint density at radius 2 is 2.00 bits per heavy atom. The van der Waals surface area contributed by atoms with Gasteiger partial charge in [0.05, 0.1) is 12.5 Å². The first-order valence-corrected chi connectivity index (χ1v) is 4.84. The van der Waals surface area contributed by atoms with Gasteiger partial charge in [0, 0.05) is 14.6 Å². The van der Waals surface area contributed by atoms with E-state index in [1.54, 1.807) is 6.07 Å². The molecule has 12 heavy (non-hydrogen) atoms. The molecule has 2 N–H and O–H groups in total. The van der Waals surface area contributed by atoms with Gasteiger partial charge in [-0.2, -0.15) is 5.26 Å². The van der Waals surface area contributed by atoms with Crippen molar-refractivity contribution in [3.8, 4) is 6.07 Å². The van der Waals surface area contributed by atoms with Crippen LogP contribution in [0.5, 0.6) is 0 Å². The first-order chi connectivity index (χ1) is 5.65. The van der Waals surface area contributed by atoms with Crippen LogP contribution in [-0.4, -0.2) is 0 Å². The molecule has 0 atom stereocenters. The number of nitriles is 1. The molecule has 0 aliphatic rings. The largest absolute Gasteiger partial charge is 0.398 e. The van der Waals surface area contributed by atoms with Crippen LogP contribution < -0.4 is 5.73 Å². The van der Waals surface area contributed by atoms with Crippen LogP contribution in [0, 0.1) is 11.3 Å². The minimum atomic E-state index is 0.388. The molecule has 0 aliphatic carbocycles. The van der Waals surface area contributed by atoms with E-state index in [4.69, 9.17) is 11.0 Å². The van der Waals surface area contributed by atoms with Crippen LogP contribution in [0.1, 0.15) is 5.56 Å². The van der Waals surface area contributed by atoms with Gasteiger partial charge in [0.25, 0.3) is 0 Å². The highest BCUT2D eigenvalue weighted by atomic mass is 79.9. The van der Waals surface area contributed by atoms with Gasteiger partial charge < -0.3 is 5.73 Å². The number of halogens is 2. The zero-order valence-corrected chi connectivity index (χ0v) is 9.31. The van der Waals surface area contributed by atoms with Gasteiger partial charge in [0.2, 0.25) is 0 Å². The Morgan fingerprint density at radius 3 is 2.58 bits per heavy atom. The van der Waals surface area contributed by atoms with E-state index in [1.165, 1.54) is 0 Å². The molecular formula is C8H6Br2N2. The van der Waals surface area contributed by atoms with Gasteiger partial charge in [-0.25, -0.2) is 0 Å². The quantitative estimate of drug-likeness (QED) is 0.808. The summed E-state index contributed by atoms with van der Waals surface area (Å²) in [6.07, 6.45) is 0.388. The Hall–Kier alpha value is -0.530. The van der Waals surface area contributed by atoms with Crippen molar-refractivity contribution in [3.63, 3.8) is 0 Å². The van der Waals surface area contributed by atoms with Crippen LogP contribution >= 0.6 is 31.9 Å². The summed E-state index contributed by atoms with van der Waals surface area (Å²) in [6, 6.07) is 5.72. The summed E-state index contributed by atoms with van der Waals surface area (Å²) in [5.41, 5.74) is 7.24. The molecule has 2 nitrogen and oxygen atoms in total. The topological polar surface area (TPSA) is 49.8 Å². The van der Waals surface area contributed by atoms with Crippen LogP contribution in [0.2, 0.25) is 0 Å².